The van der Waals surface area contributed by atoms with Gasteiger partial charge >= 0.3 is 6.18 Å². The van der Waals surface area contributed by atoms with Gasteiger partial charge in [-0.1, -0.05) is 29.8 Å². The third kappa shape index (κ3) is 4.24. The van der Waals surface area contributed by atoms with Crippen molar-refractivity contribution in [2.45, 2.75) is 38.5 Å². The Hall–Kier alpha value is -2.51. The number of fused-ring (bicyclic) bond motifs is 1. The van der Waals surface area contributed by atoms with Gasteiger partial charge in [0, 0.05) is 42.4 Å². The zero-order valence-electron chi connectivity index (χ0n) is 18.2. The summed E-state index contributed by atoms with van der Waals surface area (Å²) >= 11 is 5.99. The summed E-state index contributed by atoms with van der Waals surface area (Å²) in [5.41, 5.74) is 0.984. The minimum atomic E-state index is -4.57. The van der Waals surface area contributed by atoms with Gasteiger partial charge in [-0.3, -0.25) is 14.3 Å². The van der Waals surface area contributed by atoms with Crippen molar-refractivity contribution >= 4 is 34.1 Å². The van der Waals surface area contributed by atoms with Crippen LogP contribution in [-0.4, -0.2) is 47.6 Å². The molecule has 0 aliphatic carbocycles. The molecule has 1 aliphatic rings. The molecule has 0 bridgehead atoms. The first kappa shape index (κ1) is 22.7. The number of rotatable bonds is 3. The fourth-order valence-corrected chi connectivity index (χ4v) is 4.63. The number of aromatic nitrogens is 1. The topological polar surface area (TPSA) is 28.5 Å². The number of nitrogens with zero attached hydrogens (tertiary/aromatic N) is 3. The van der Waals surface area contributed by atoms with E-state index in [1.807, 2.05) is 24.3 Å². The van der Waals surface area contributed by atoms with E-state index in [1.54, 1.807) is 6.20 Å². The highest BCUT2D eigenvalue weighted by Crippen LogP contribution is 2.36. The lowest BCUT2D eigenvalue weighted by Crippen LogP contribution is -2.55. The number of carbonyl (C=O) groups is 1. The van der Waals surface area contributed by atoms with Gasteiger partial charge in [0.1, 0.15) is 0 Å². The van der Waals surface area contributed by atoms with Crippen molar-refractivity contribution in [2.24, 2.45) is 0 Å². The van der Waals surface area contributed by atoms with E-state index in [4.69, 9.17) is 11.6 Å². The molecule has 170 valence electrons. The summed E-state index contributed by atoms with van der Waals surface area (Å²) in [5.74, 6) is -0.335. The van der Waals surface area contributed by atoms with Gasteiger partial charge in [-0.15, -0.1) is 0 Å². The molecule has 2 aromatic carbocycles. The minimum Gasteiger partial charge on any atom is -0.368 e. The number of carbonyl (C=O) groups excluding carboxylic acids is 1. The van der Waals surface area contributed by atoms with Crippen LogP contribution in [0.1, 0.15) is 29.8 Å². The molecule has 0 radical (unpaired) electrons. The highest BCUT2D eigenvalue weighted by molar-refractivity contribution is 6.32. The van der Waals surface area contributed by atoms with Gasteiger partial charge in [0.15, 0.2) is 0 Å². The monoisotopic (exact) mass is 463 g/mol. The molecule has 1 aromatic heterocycles. The zero-order valence-corrected chi connectivity index (χ0v) is 18.9. The molecule has 1 fully saturated rings. The number of piperazine rings is 1. The minimum absolute atomic E-state index is 0.159. The predicted molar refractivity (Wildman–Crippen MR) is 122 cm³/mol. The van der Waals surface area contributed by atoms with Crippen LogP contribution in [0, 0.1) is 0 Å². The summed E-state index contributed by atoms with van der Waals surface area (Å²) in [6.07, 6.45) is -3.13. The Balaban J connectivity index is 1.63. The first-order chi connectivity index (χ1) is 15.1. The molecule has 0 N–H and O–H groups in total. The van der Waals surface area contributed by atoms with E-state index in [0.717, 1.165) is 35.7 Å². The second-order valence-corrected chi connectivity index (χ2v) is 8.92. The third-order valence-electron chi connectivity index (χ3n) is 6.40. The van der Waals surface area contributed by atoms with E-state index in [9.17, 15) is 18.0 Å². The predicted octanol–water partition coefficient (Wildman–Crippen LogP) is 5.73. The summed E-state index contributed by atoms with van der Waals surface area (Å²) in [4.78, 5) is 17.7. The fraction of sp³-hybridized carbons (Fsp3) is 0.375. The third-order valence-corrected chi connectivity index (χ3v) is 6.84. The molecule has 2 heterocycles. The molecule has 0 saturated carbocycles. The number of alkyl halides is 3. The Morgan fingerprint density at radius 2 is 1.78 bits per heavy atom. The van der Waals surface area contributed by atoms with Crippen molar-refractivity contribution in [3.8, 4) is 0 Å². The zero-order chi connectivity index (χ0) is 23.2. The molecule has 2 atom stereocenters. The highest BCUT2D eigenvalue weighted by atomic mass is 35.5. The molecule has 4 nitrogen and oxygen atoms in total. The molecule has 4 rings (SSSR count). The Morgan fingerprint density at radius 3 is 2.44 bits per heavy atom. The molecule has 1 aliphatic heterocycles. The molecule has 3 aromatic rings. The fourth-order valence-electron chi connectivity index (χ4n) is 4.33. The van der Waals surface area contributed by atoms with E-state index in [0.29, 0.717) is 12.1 Å². The maximum absolute atomic E-state index is 13.2. The lowest BCUT2D eigenvalue weighted by atomic mass is 10.1. The van der Waals surface area contributed by atoms with Crippen molar-refractivity contribution in [1.29, 1.82) is 0 Å². The lowest BCUT2D eigenvalue weighted by Gasteiger charge is -2.43. The number of hydrogen-bond donors (Lipinski definition) is 0. The first-order valence-electron chi connectivity index (χ1n) is 10.5. The van der Waals surface area contributed by atoms with Crippen LogP contribution in [0.4, 0.5) is 18.9 Å². The quantitative estimate of drug-likeness (QED) is 0.497. The molecule has 1 saturated heterocycles. The van der Waals surface area contributed by atoms with E-state index in [2.05, 4.69) is 30.7 Å². The summed E-state index contributed by atoms with van der Waals surface area (Å²) in [6.45, 7) is 6.13. The normalized spacial score (nSPS) is 20.2. The van der Waals surface area contributed by atoms with Gasteiger partial charge in [0.25, 0.3) is 0 Å². The van der Waals surface area contributed by atoms with E-state index in [-0.39, 0.29) is 17.9 Å². The molecule has 8 heteroatoms. The Morgan fingerprint density at radius 1 is 1.09 bits per heavy atom. The van der Waals surface area contributed by atoms with Crippen LogP contribution in [0.25, 0.3) is 10.9 Å². The van der Waals surface area contributed by atoms with Crippen molar-refractivity contribution in [2.75, 3.05) is 25.0 Å². The number of anilines is 1. The Kier molecular flexibility index (Phi) is 5.98. The average Bonchev–Trinajstić information content (AvgIpc) is 3.15. The van der Waals surface area contributed by atoms with Crippen LogP contribution in [0.2, 0.25) is 5.02 Å². The van der Waals surface area contributed by atoms with Crippen LogP contribution in [0.15, 0.2) is 48.7 Å². The second kappa shape index (κ2) is 8.45. The van der Waals surface area contributed by atoms with Gasteiger partial charge < -0.3 is 4.90 Å². The maximum Gasteiger partial charge on any atom is 0.417 e. The Labute approximate surface area is 190 Å². The molecule has 0 unspecified atom stereocenters. The van der Waals surface area contributed by atoms with Crippen molar-refractivity contribution in [1.82, 2.24) is 9.47 Å². The SMILES string of the molecule is C[C@@H]1CN(c2ccc3ccn(C(=O)Cc4cccc(C(F)(F)F)c4Cl)c3c2)C[C@H](C)N1C. The molecular weight excluding hydrogens is 439 g/mol. The lowest BCUT2D eigenvalue weighted by molar-refractivity contribution is -0.137. The van der Waals surface area contributed by atoms with Gasteiger partial charge in [-0.25, -0.2) is 0 Å². The van der Waals surface area contributed by atoms with E-state index < -0.39 is 16.8 Å². The number of hydrogen-bond acceptors (Lipinski definition) is 3. The first-order valence-corrected chi connectivity index (χ1v) is 10.9. The van der Waals surface area contributed by atoms with Gasteiger partial charge in [-0.05, 0) is 50.7 Å². The number of halogens is 4. The summed E-state index contributed by atoms with van der Waals surface area (Å²) < 4.78 is 41.0. The van der Waals surface area contributed by atoms with Crippen LogP contribution in [0.3, 0.4) is 0 Å². The van der Waals surface area contributed by atoms with Crippen LogP contribution >= 0.6 is 11.6 Å². The maximum atomic E-state index is 13.2. The summed E-state index contributed by atoms with van der Waals surface area (Å²) in [7, 11) is 2.12. The Bertz CT molecular complexity index is 1150. The molecule has 0 spiro atoms. The molecule has 0 amide bonds. The van der Waals surface area contributed by atoms with E-state index >= 15 is 0 Å². The largest absolute Gasteiger partial charge is 0.417 e. The smallest absolute Gasteiger partial charge is 0.368 e. The van der Waals surface area contributed by atoms with Crippen LogP contribution < -0.4 is 4.90 Å². The van der Waals surface area contributed by atoms with Gasteiger partial charge in [0.2, 0.25) is 5.91 Å². The van der Waals surface area contributed by atoms with Crippen LogP contribution in [-0.2, 0) is 12.6 Å². The highest BCUT2D eigenvalue weighted by Gasteiger charge is 2.34. The van der Waals surface area contributed by atoms with Crippen molar-refractivity contribution < 1.29 is 18.0 Å². The van der Waals surface area contributed by atoms with Gasteiger partial charge in [0.05, 0.1) is 22.5 Å². The average molecular weight is 464 g/mol. The van der Waals surface area contributed by atoms with E-state index in [1.165, 1.54) is 16.7 Å². The molecule has 32 heavy (non-hydrogen) atoms. The molecular formula is C24H25ClF3N3O. The van der Waals surface area contributed by atoms with Crippen LogP contribution in [0.5, 0.6) is 0 Å². The summed E-state index contributed by atoms with van der Waals surface area (Å²) in [6, 6.07) is 12.3. The van der Waals surface area contributed by atoms with Crippen molar-refractivity contribution in [3.05, 3.63) is 64.8 Å². The van der Waals surface area contributed by atoms with Crippen molar-refractivity contribution in [3.63, 3.8) is 0 Å². The number of likely N-dealkylation sites (N-methyl/N-ethyl adjacent to an activating group) is 1. The second-order valence-electron chi connectivity index (χ2n) is 8.54. The summed E-state index contributed by atoms with van der Waals surface area (Å²) in [5, 5.41) is 0.471. The van der Waals surface area contributed by atoms with Gasteiger partial charge in [-0.2, -0.15) is 13.2 Å². The standard InChI is InChI=1S/C24H25ClF3N3O/c1-15-13-30(14-16(2)29(15)3)19-8-7-17-9-10-31(21(17)12-19)22(32)11-18-5-4-6-20(23(18)25)24(26,27)28/h4-10,12,15-16H,11,13-14H2,1-3H3/t15-,16+. The number of benzene rings is 2.